The first kappa shape index (κ1) is 15.8. The molecule has 21 heavy (non-hydrogen) atoms. The number of hydrogen-bond donors (Lipinski definition) is 2. The van der Waals surface area contributed by atoms with Gasteiger partial charge in [-0.3, -0.25) is 0 Å². The predicted molar refractivity (Wildman–Crippen MR) is 81.0 cm³/mol. The molecule has 0 aliphatic heterocycles. The maximum atomic E-state index is 14.0. The maximum absolute atomic E-state index is 14.0. The van der Waals surface area contributed by atoms with Crippen LogP contribution in [0.5, 0.6) is 0 Å². The minimum atomic E-state index is -3.98. The lowest BCUT2D eigenvalue weighted by Crippen LogP contribution is -2.24. The summed E-state index contributed by atoms with van der Waals surface area (Å²) in [5.74, 6) is -0.798. The molecule has 0 aliphatic rings. The molecule has 0 saturated carbocycles. The molecular formula is C14H14ClFN2O2S. The fourth-order valence-electron chi connectivity index (χ4n) is 1.82. The number of sulfonamides is 1. The minimum Gasteiger partial charge on any atom is -0.399 e. The van der Waals surface area contributed by atoms with E-state index in [9.17, 15) is 12.8 Å². The first-order valence-electron chi connectivity index (χ1n) is 6.09. The predicted octanol–water partition coefficient (Wildman–Crippen LogP) is 2.85. The van der Waals surface area contributed by atoms with Crippen LogP contribution >= 0.6 is 11.6 Å². The van der Waals surface area contributed by atoms with Crippen LogP contribution in [0, 0.1) is 12.7 Å². The lowest BCUT2D eigenvalue weighted by Gasteiger charge is -2.10. The first-order valence-corrected chi connectivity index (χ1v) is 7.95. The van der Waals surface area contributed by atoms with E-state index < -0.39 is 20.7 Å². The summed E-state index contributed by atoms with van der Waals surface area (Å²) in [4.78, 5) is -0.450. The highest BCUT2D eigenvalue weighted by molar-refractivity contribution is 7.89. The third-order valence-corrected chi connectivity index (χ3v) is 4.57. The van der Waals surface area contributed by atoms with Gasteiger partial charge in [-0.2, -0.15) is 0 Å². The number of benzene rings is 2. The summed E-state index contributed by atoms with van der Waals surface area (Å²) in [6.45, 7) is 1.50. The largest absolute Gasteiger partial charge is 0.399 e. The molecule has 0 spiro atoms. The summed E-state index contributed by atoms with van der Waals surface area (Å²) in [5, 5.41) is 0.555. The quantitative estimate of drug-likeness (QED) is 0.848. The molecule has 0 bridgehead atoms. The van der Waals surface area contributed by atoms with Crippen LogP contribution in [0.25, 0.3) is 0 Å². The molecule has 2 rings (SSSR count). The van der Waals surface area contributed by atoms with Crippen molar-refractivity contribution >= 4 is 27.3 Å². The van der Waals surface area contributed by atoms with Gasteiger partial charge in [0.2, 0.25) is 10.0 Å². The van der Waals surface area contributed by atoms with Gasteiger partial charge in [-0.25, -0.2) is 17.5 Å². The molecule has 0 saturated heterocycles. The summed E-state index contributed by atoms with van der Waals surface area (Å²) < 4.78 is 40.6. The van der Waals surface area contributed by atoms with E-state index in [0.717, 1.165) is 6.07 Å². The van der Waals surface area contributed by atoms with Gasteiger partial charge < -0.3 is 5.73 Å². The monoisotopic (exact) mass is 328 g/mol. The van der Waals surface area contributed by atoms with Crippen molar-refractivity contribution in [2.75, 3.05) is 5.73 Å². The molecular weight excluding hydrogens is 315 g/mol. The van der Waals surface area contributed by atoms with Crippen LogP contribution in [-0.4, -0.2) is 8.42 Å². The highest BCUT2D eigenvalue weighted by Gasteiger charge is 2.20. The Morgan fingerprint density at radius 3 is 2.48 bits per heavy atom. The van der Waals surface area contributed by atoms with Gasteiger partial charge in [0, 0.05) is 17.3 Å². The number of halogens is 2. The summed E-state index contributed by atoms with van der Waals surface area (Å²) in [5.41, 5.74) is 6.66. The number of anilines is 1. The Hall–Kier alpha value is -1.63. The van der Waals surface area contributed by atoms with Gasteiger partial charge in [-0.15, -0.1) is 0 Å². The average Bonchev–Trinajstić information content (AvgIpc) is 2.42. The van der Waals surface area contributed by atoms with Gasteiger partial charge >= 0.3 is 0 Å². The normalized spacial score (nSPS) is 11.6. The molecule has 4 nitrogen and oxygen atoms in total. The summed E-state index contributed by atoms with van der Waals surface area (Å²) in [6, 6.07) is 9.16. The number of aryl methyl sites for hydroxylation is 1. The van der Waals surface area contributed by atoms with E-state index in [1.54, 1.807) is 24.3 Å². The van der Waals surface area contributed by atoms with Crippen molar-refractivity contribution in [2.24, 2.45) is 0 Å². The third-order valence-electron chi connectivity index (χ3n) is 2.91. The fraction of sp³-hybridized carbons (Fsp3) is 0.143. The van der Waals surface area contributed by atoms with Gasteiger partial charge in [0.1, 0.15) is 10.7 Å². The van der Waals surface area contributed by atoms with Crippen molar-refractivity contribution in [3.05, 3.63) is 58.4 Å². The van der Waals surface area contributed by atoms with Gasteiger partial charge in [0.25, 0.3) is 0 Å². The van der Waals surface area contributed by atoms with Crippen molar-refractivity contribution in [2.45, 2.75) is 18.4 Å². The summed E-state index contributed by atoms with van der Waals surface area (Å²) in [6.07, 6.45) is 0. The van der Waals surface area contributed by atoms with Crippen molar-refractivity contribution in [3.8, 4) is 0 Å². The lowest BCUT2D eigenvalue weighted by atomic mass is 10.2. The molecule has 2 aromatic carbocycles. The molecule has 0 atom stereocenters. The Kier molecular flexibility index (Phi) is 4.51. The van der Waals surface area contributed by atoms with Crippen LogP contribution in [0.1, 0.15) is 11.1 Å². The van der Waals surface area contributed by atoms with E-state index in [2.05, 4.69) is 4.72 Å². The van der Waals surface area contributed by atoms with Crippen LogP contribution in [0.3, 0.4) is 0 Å². The molecule has 3 N–H and O–H groups in total. The molecule has 2 aromatic rings. The topological polar surface area (TPSA) is 72.2 Å². The zero-order valence-electron chi connectivity index (χ0n) is 11.2. The first-order chi connectivity index (χ1) is 9.79. The Bertz CT molecular complexity index is 761. The number of hydrogen-bond acceptors (Lipinski definition) is 3. The van der Waals surface area contributed by atoms with Gasteiger partial charge in [-0.05, 0) is 42.3 Å². The molecule has 0 heterocycles. The van der Waals surface area contributed by atoms with Gasteiger partial charge in [-0.1, -0.05) is 23.7 Å². The fourth-order valence-corrected chi connectivity index (χ4v) is 3.14. The molecule has 0 unspecified atom stereocenters. The zero-order chi connectivity index (χ0) is 15.6. The van der Waals surface area contributed by atoms with Gasteiger partial charge in [0.15, 0.2) is 0 Å². The number of nitrogen functional groups attached to an aromatic ring is 1. The Balaban J connectivity index is 2.25. The Morgan fingerprint density at radius 2 is 1.86 bits per heavy atom. The third kappa shape index (κ3) is 3.72. The molecule has 0 aliphatic carbocycles. The maximum Gasteiger partial charge on any atom is 0.243 e. The second kappa shape index (κ2) is 6.01. The summed E-state index contributed by atoms with van der Waals surface area (Å²) >= 11 is 5.75. The molecule has 7 heteroatoms. The summed E-state index contributed by atoms with van der Waals surface area (Å²) in [7, 11) is -3.98. The number of nitrogens with two attached hydrogens (primary N) is 1. The number of rotatable bonds is 4. The molecule has 112 valence electrons. The average molecular weight is 329 g/mol. The zero-order valence-corrected chi connectivity index (χ0v) is 12.8. The van der Waals surface area contributed by atoms with E-state index in [-0.39, 0.29) is 17.8 Å². The lowest BCUT2D eigenvalue weighted by molar-refractivity contribution is 0.553. The molecule has 0 aromatic heterocycles. The molecule has 0 radical (unpaired) electrons. The van der Waals surface area contributed by atoms with E-state index in [4.69, 9.17) is 17.3 Å². The molecule has 0 amide bonds. The smallest absolute Gasteiger partial charge is 0.243 e. The van der Waals surface area contributed by atoms with Crippen LogP contribution in [0.2, 0.25) is 5.02 Å². The Labute approximate surface area is 127 Å². The molecule has 0 fully saturated rings. The minimum absolute atomic E-state index is 0.0345. The van der Waals surface area contributed by atoms with E-state index in [1.165, 1.54) is 13.0 Å². The van der Waals surface area contributed by atoms with Crippen molar-refractivity contribution in [3.63, 3.8) is 0 Å². The Morgan fingerprint density at radius 1 is 1.24 bits per heavy atom. The van der Waals surface area contributed by atoms with Crippen molar-refractivity contribution in [1.82, 2.24) is 4.72 Å². The second-order valence-corrected chi connectivity index (χ2v) is 6.77. The van der Waals surface area contributed by atoms with Crippen molar-refractivity contribution < 1.29 is 12.8 Å². The highest BCUT2D eigenvalue weighted by atomic mass is 35.5. The standard InChI is InChI=1S/C14H14ClFN2O2S/c1-9-6-12(17)7-13(14(9)16)21(19,20)18-8-10-2-4-11(15)5-3-10/h2-7,18H,8,17H2,1H3. The van der Waals surface area contributed by atoms with Crippen LogP contribution in [0.4, 0.5) is 10.1 Å². The second-order valence-electron chi connectivity index (χ2n) is 4.60. The number of nitrogens with one attached hydrogen (secondary N) is 1. The SMILES string of the molecule is Cc1cc(N)cc(S(=O)(=O)NCc2ccc(Cl)cc2)c1F. The highest BCUT2D eigenvalue weighted by Crippen LogP contribution is 2.21. The van der Waals surface area contributed by atoms with Crippen LogP contribution < -0.4 is 10.5 Å². The van der Waals surface area contributed by atoms with Crippen LogP contribution in [0.15, 0.2) is 41.3 Å². The van der Waals surface area contributed by atoms with E-state index >= 15 is 0 Å². The van der Waals surface area contributed by atoms with Gasteiger partial charge in [0.05, 0.1) is 0 Å². The van der Waals surface area contributed by atoms with Crippen LogP contribution in [-0.2, 0) is 16.6 Å². The van der Waals surface area contributed by atoms with E-state index in [1.807, 2.05) is 0 Å². The van der Waals surface area contributed by atoms with E-state index in [0.29, 0.717) is 10.6 Å². The van der Waals surface area contributed by atoms with Crippen molar-refractivity contribution in [1.29, 1.82) is 0 Å².